The summed E-state index contributed by atoms with van der Waals surface area (Å²) in [6.45, 7) is 2.22. The van der Waals surface area contributed by atoms with Crippen LogP contribution in [0.15, 0.2) is 33.7 Å². The van der Waals surface area contributed by atoms with Gasteiger partial charge in [-0.3, -0.25) is 4.99 Å². The molecule has 1 atom stereocenters. The number of nitrogens with zero attached hydrogens (tertiary/aromatic N) is 2. The summed E-state index contributed by atoms with van der Waals surface area (Å²) in [6, 6.07) is 8.84. The monoisotopic (exact) mass is 372 g/mol. The summed E-state index contributed by atoms with van der Waals surface area (Å²) in [5.74, 6) is -2.45. The first-order chi connectivity index (χ1) is 9.97. The number of fused-ring (bicyclic) bond motifs is 1. The smallest absolute Gasteiger partial charge is 0.414 e. The molecule has 0 radical (unpaired) electrons. The van der Waals surface area contributed by atoms with E-state index in [-0.39, 0.29) is 0 Å². The second-order valence-electron chi connectivity index (χ2n) is 4.38. The minimum atomic E-state index is -1.82. The fourth-order valence-corrected chi connectivity index (χ4v) is 3.28. The number of rotatable bonds is 1. The fourth-order valence-electron chi connectivity index (χ4n) is 1.97. The van der Waals surface area contributed by atoms with Crippen molar-refractivity contribution >= 4 is 44.8 Å². The van der Waals surface area contributed by atoms with Crippen LogP contribution in [0.2, 0.25) is 0 Å². The summed E-state index contributed by atoms with van der Waals surface area (Å²) in [4.78, 5) is 25.3. The fraction of sp³-hybridized carbons (Fsp3) is 0.308. The van der Waals surface area contributed by atoms with Crippen LogP contribution >= 0.6 is 27.7 Å². The first kappa shape index (κ1) is 15.8. The highest BCUT2D eigenvalue weighted by atomic mass is 79.9. The summed E-state index contributed by atoms with van der Waals surface area (Å²) < 4.78 is 1.13. The number of carboxylic acids is 2. The van der Waals surface area contributed by atoms with E-state index in [2.05, 4.69) is 45.1 Å². The molecule has 0 unspecified atom stereocenters. The Bertz CT molecular complexity index is 564. The number of amidine groups is 1. The molecule has 1 aromatic rings. The Balaban J connectivity index is 0.000000232. The molecule has 3 rings (SSSR count). The number of hydrogen-bond donors (Lipinski definition) is 2. The Kier molecular flexibility index (Phi) is 5.24. The van der Waals surface area contributed by atoms with Crippen LogP contribution in [0.5, 0.6) is 0 Å². The van der Waals surface area contributed by atoms with E-state index in [4.69, 9.17) is 24.8 Å². The molecule has 0 aromatic heterocycles. The van der Waals surface area contributed by atoms with Crippen LogP contribution in [0.3, 0.4) is 0 Å². The third-order valence-electron chi connectivity index (χ3n) is 2.96. The van der Waals surface area contributed by atoms with E-state index in [9.17, 15) is 0 Å². The molecule has 0 saturated carbocycles. The number of halogens is 1. The van der Waals surface area contributed by atoms with Crippen molar-refractivity contribution in [2.24, 2.45) is 4.99 Å². The molecular formula is C13H13BrN2O4S. The number of thioether (sulfide) groups is 1. The highest BCUT2D eigenvalue weighted by molar-refractivity contribution is 9.10. The number of aliphatic carboxylic acids is 2. The van der Waals surface area contributed by atoms with E-state index >= 15 is 0 Å². The number of carboxylic acid groups (broad SMARTS) is 2. The van der Waals surface area contributed by atoms with Crippen molar-refractivity contribution in [2.45, 2.75) is 6.04 Å². The molecule has 2 N–H and O–H groups in total. The van der Waals surface area contributed by atoms with Gasteiger partial charge in [-0.2, -0.15) is 0 Å². The molecule has 6 nitrogen and oxygen atoms in total. The molecule has 112 valence electrons. The lowest BCUT2D eigenvalue weighted by Gasteiger charge is -2.12. The zero-order valence-electron chi connectivity index (χ0n) is 10.9. The molecule has 0 aliphatic carbocycles. The quantitative estimate of drug-likeness (QED) is 0.733. The number of carbonyl (C=O) groups is 2. The van der Waals surface area contributed by atoms with Gasteiger partial charge in [-0.25, -0.2) is 9.59 Å². The third kappa shape index (κ3) is 4.21. The SMILES string of the molecule is Brc1ccc([C@@H]2CN3CCSC3=N2)cc1.O=C(O)C(=O)O. The Morgan fingerprint density at radius 3 is 2.38 bits per heavy atom. The number of hydrogen-bond acceptors (Lipinski definition) is 5. The van der Waals surface area contributed by atoms with Crippen molar-refractivity contribution in [1.29, 1.82) is 0 Å². The average Bonchev–Trinajstić information content (AvgIpc) is 3.01. The van der Waals surface area contributed by atoms with Gasteiger partial charge in [0.25, 0.3) is 0 Å². The largest absolute Gasteiger partial charge is 0.473 e. The highest BCUT2D eigenvalue weighted by Crippen LogP contribution is 2.32. The van der Waals surface area contributed by atoms with Gasteiger partial charge in [0.2, 0.25) is 0 Å². The minimum Gasteiger partial charge on any atom is -0.473 e. The van der Waals surface area contributed by atoms with E-state index in [0.29, 0.717) is 6.04 Å². The first-order valence-corrected chi connectivity index (χ1v) is 7.92. The topological polar surface area (TPSA) is 90.2 Å². The summed E-state index contributed by atoms with van der Waals surface area (Å²) in [6.07, 6.45) is 0. The molecule has 8 heteroatoms. The van der Waals surface area contributed by atoms with Gasteiger partial charge in [0.05, 0.1) is 6.04 Å². The normalized spacial score (nSPS) is 19.4. The molecule has 2 heterocycles. The van der Waals surface area contributed by atoms with Gasteiger partial charge in [-0.05, 0) is 17.7 Å². The Hall–Kier alpha value is -1.54. The van der Waals surface area contributed by atoms with Crippen molar-refractivity contribution in [2.75, 3.05) is 18.8 Å². The van der Waals surface area contributed by atoms with Gasteiger partial charge in [0.15, 0.2) is 5.17 Å². The number of aliphatic imine (C=N–C) groups is 1. The van der Waals surface area contributed by atoms with E-state index in [1.54, 1.807) is 0 Å². The maximum absolute atomic E-state index is 9.10. The predicted molar refractivity (Wildman–Crippen MR) is 83.6 cm³/mol. The van der Waals surface area contributed by atoms with Crippen molar-refractivity contribution in [1.82, 2.24) is 4.90 Å². The van der Waals surface area contributed by atoms with Crippen molar-refractivity contribution in [3.63, 3.8) is 0 Å². The summed E-state index contributed by atoms with van der Waals surface area (Å²) in [7, 11) is 0. The van der Waals surface area contributed by atoms with E-state index in [1.807, 2.05) is 11.8 Å². The predicted octanol–water partition coefficient (Wildman–Crippen LogP) is 2.06. The van der Waals surface area contributed by atoms with Crippen LogP contribution in [0.25, 0.3) is 0 Å². The standard InChI is InChI=1S/C11H11BrN2S.C2H2O4/c12-9-3-1-8(2-4-9)10-7-14-5-6-15-11(14)13-10;3-1(4)2(5)6/h1-4,10H,5-7H2;(H,3,4)(H,5,6)/t10-;/m0./s1. The molecule has 2 aliphatic heterocycles. The zero-order valence-corrected chi connectivity index (χ0v) is 13.3. The Morgan fingerprint density at radius 1 is 1.24 bits per heavy atom. The van der Waals surface area contributed by atoms with Crippen LogP contribution in [0.4, 0.5) is 0 Å². The maximum atomic E-state index is 9.10. The second-order valence-corrected chi connectivity index (χ2v) is 6.36. The lowest BCUT2D eigenvalue weighted by Crippen LogP contribution is -2.21. The maximum Gasteiger partial charge on any atom is 0.414 e. The summed E-state index contributed by atoms with van der Waals surface area (Å²) in [5.41, 5.74) is 1.32. The van der Waals surface area contributed by atoms with Crippen LogP contribution in [-0.2, 0) is 9.59 Å². The van der Waals surface area contributed by atoms with Crippen LogP contribution < -0.4 is 0 Å². The lowest BCUT2D eigenvalue weighted by atomic mass is 10.1. The zero-order chi connectivity index (χ0) is 15.4. The molecule has 21 heavy (non-hydrogen) atoms. The van der Waals surface area contributed by atoms with Gasteiger partial charge in [0, 0.05) is 23.3 Å². The van der Waals surface area contributed by atoms with Crippen LogP contribution in [0.1, 0.15) is 11.6 Å². The molecule has 0 bridgehead atoms. The van der Waals surface area contributed by atoms with Gasteiger partial charge in [-0.1, -0.05) is 39.8 Å². The van der Waals surface area contributed by atoms with Crippen LogP contribution in [-0.4, -0.2) is 51.1 Å². The molecule has 1 aromatic carbocycles. The Morgan fingerprint density at radius 2 is 1.86 bits per heavy atom. The van der Waals surface area contributed by atoms with Crippen molar-refractivity contribution < 1.29 is 19.8 Å². The van der Waals surface area contributed by atoms with Gasteiger partial charge in [0.1, 0.15) is 0 Å². The molecule has 0 amide bonds. The third-order valence-corrected chi connectivity index (χ3v) is 4.50. The molecule has 1 fully saturated rings. The second kappa shape index (κ2) is 6.95. The lowest BCUT2D eigenvalue weighted by molar-refractivity contribution is -0.159. The van der Waals surface area contributed by atoms with Crippen LogP contribution in [0, 0.1) is 0 Å². The summed E-state index contributed by atoms with van der Waals surface area (Å²) >= 11 is 5.33. The molecule has 1 saturated heterocycles. The van der Waals surface area contributed by atoms with E-state index < -0.39 is 11.9 Å². The number of benzene rings is 1. The van der Waals surface area contributed by atoms with Gasteiger partial charge in [-0.15, -0.1) is 0 Å². The first-order valence-electron chi connectivity index (χ1n) is 6.14. The highest BCUT2D eigenvalue weighted by Gasteiger charge is 2.29. The molecule has 0 spiro atoms. The van der Waals surface area contributed by atoms with Crippen molar-refractivity contribution in [3.8, 4) is 0 Å². The van der Waals surface area contributed by atoms with E-state index in [1.165, 1.54) is 16.5 Å². The summed E-state index contributed by atoms with van der Waals surface area (Å²) in [5, 5.41) is 16.0. The average molecular weight is 373 g/mol. The molecular weight excluding hydrogens is 360 g/mol. The van der Waals surface area contributed by atoms with E-state index in [0.717, 1.165) is 17.6 Å². The molecule has 2 aliphatic rings. The van der Waals surface area contributed by atoms with Crippen molar-refractivity contribution in [3.05, 3.63) is 34.3 Å². The van der Waals surface area contributed by atoms with Gasteiger partial charge < -0.3 is 15.1 Å². The Labute approximate surface area is 134 Å². The minimum absolute atomic E-state index is 0.348. The van der Waals surface area contributed by atoms with Gasteiger partial charge >= 0.3 is 11.9 Å².